The Balaban J connectivity index is 3.09. The molecule has 0 radical (unpaired) electrons. The molecule has 138 valence electrons. The molecule has 0 aliphatic carbocycles. The van der Waals surface area contributed by atoms with Gasteiger partial charge in [-0.05, 0) is 26.3 Å². The predicted octanol–water partition coefficient (Wildman–Crippen LogP) is 2.53. The molecule has 7 nitrogen and oxygen atoms in total. The average molecular weight is 351 g/mol. The van der Waals surface area contributed by atoms with Crippen LogP contribution in [0, 0.1) is 0 Å². The van der Waals surface area contributed by atoms with Crippen molar-refractivity contribution in [1.29, 1.82) is 0 Å². The van der Waals surface area contributed by atoms with E-state index in [1.54, 1.807) is 20.8 Å². The van der Waals surface area contributed by atoms with E-state index in [0.29, 0.717) is 0 Å². The standard InChI is InChI=1S/C18H25NO6/c1-4-23-16(20)12-15(17(21)24-5-2)19(18(22)25-6-3)13-14-10-8-7-9-11-14/h7-11,15H,4-6,12-13H2,1-3H3. The zero-order chi connectivity index (χ0) is 18.7. The maximum Gasteiger partial charge on any atom is 0.410 e. The minimum atomic E-state index is -1.11. The van der Waals surface area contributed by atoms with Gasteiger partial charge in [-0.2, -0.15) is 0 Å². The van der Waals surface area contributed by atoms with Crippen LogP contribution in [-0.2, 0) is 30.3 Å². The van der Waals surface area contributed by atoms with Crippen molar-refractivity contribution in [3.8, 4) is 0 Å². The molecule has 0 fully saturated rings. The summed E-state index contributed by atoms with van der Waals surface area (Å²) in [4.78, 5) is 37.8. The third kappa shape index (κ3) is 6.82. The monoisotopic (exact) mass is 351 g/mol. The van der Waals surface area contributed by atoms with Gasteiger partial charge in [-0.1, -0.05) is 30.3 Å². The Morgan fingerprint density at radius 2 is 1.52 bits per heavy atom. The van der Waals surface area contributed by atoms with Crippen molar-refractivity contribution in [2.45, 2.75) is 39.8 Å². The lowest BCUT2D eigenvalue weighted by Gasteiger charge is -2.29. The van der Waals surface area contributed by atoms with Gasteiger partial charge in [0.15, 0.2) is 0 Å². The molecule has 0 N–H and O–H groups in total. The molecule has 0 spiro atoms. The van der Waals surface area contributed by atoms with Crippen molar-refractivity contribution >= 4 is 18.0 Å². The number of carbonyl (C=O) groups excluding carboxylic acids is 3. The van der Waals surface area contributed by atoms with Gasteiger partial charge in [-0.25, -0.2) is 9.59 Å². The van der Waals surface area contributed by atoms with E-state index in [1.807, 2.05) is 30.3 Å². The molecule has 0 aliphatic heterocycles. The van der Waals surface area contributed by atoms with Gasteiger partial charge in [-0.3, -0.25) is 9.69 Å². The van der Waals surface area contributed by atoms with E-state index in [4.69, 9.17) is 14.2 Å². The molecular formula is C18H25NO6. The Bertz CT molecular complexity index is 560. The molecule has 25 heavy (non-hydrogen) atoms. The van der Waals surface area contributed by atoms with E-state index in [9.17, 15) is 14.4 Å². The van der Waals surface area contributed by atoms with Crippen molar-refractivity contribution in [1.82, 2.24) is 4.90 Å². The van der Waals surface area contributed by atoms with Crippen molar-refractivity contribution < 1.29 is 28.6 Å². The molecule has 1 unspecified atom stereocenters. The second-order valence-corrected chi connectivity index (χ2v) is 5.09. The Kier molecular flexibility index (Phi) is 9.06. The largest absolute Gasteiger partial charge is 0.466 e. The average Bonchev–Trinajstić information content (AvgIpc) is 2.59. The number of hydrogen-bond acceptors (Lipinski definition) is 6. The molecule has 0 bridgehead atoms. The minimum Gasteiger partial charge on any atom is -0.466 e. The number of ether oxygens (including phenoxy) is 3. The summed E-state index contributed by atoms with van der Waals surface area (Å²) in [6.45, 7) is 5.59. The van der Waals surface area contributed by atoms with Crippen LogP contribution in [0.5, 0.6) is 0 Å². The third-order valence-electron chi connectivity index (χ3n) is 3.30. The first-order valence-electron chi connectivity index (χ1n) is 8.32. The smallest absolute Gasteiger partial charge is 0.410 e. The molecule has 1 atom stereocenters. The number of carbonyl (C=O) groups is 3. The molecule has 0 aliphatic rings. The molecule has 0 aromatic heterocycles. The lowest BCUT2D eigenvalue weighted by atomic mass is 10.1. The summed E-state index contributed by atoms with van der Waals surface area (Å²) in [7, 11) is 0. The summed E-state index contributed by atoms with van der Waals surface area (Å²) in [5, 5.41) is 0. The summed E-state index contributed by atoms with van der Waals surface area (Å²) >= 11 is 0. The summed E-state index contributed by atoms with van der Waals surface area (Å²) < 4.78 is 15.0. The first-order chi connectivity index (χ1) is 12.0. The van der Waals surface area contributed by atoms with E-state index < -0.39 is 24.1 Å². The number of rotatable bonds is 9. The van der Waals surface area contributed by atoms with Gasteiger partial charge in [0, 0.05) is 6.54 Å². The van der Waals surface area contributed by atoms with E-state index in [1.165, 1.54) is 4.90 Å². The number of hydrogen-bond donors (Lipinski definition) is 0. The van der Waals surface area contributed by atoms with Crippen LogP contribution in [0.25, 0.3) is 0 Å². The fourth-order valence-electron chi connectivity index (χ4n) is 2.23. The Labute approximate surface area is 147 Å². The van der Waals surface area contributed by atoms with Crippen molar-refractivity contribution in [3.63, 3.8) is 0 Å². The van der Waals surface area contributed by atoms with E-state index in [0.717, 1.165) is 5.56 Å². The van der Waals surface area contributed by atoms with E-state index in [2.05, 4.69) is 0 Å². The highest BCUT2D eigenvalue weighted by molar-refractivity contribution is 5.86. The van der Waals surface area contributed by atoms with E-state index >= 15 is 0 Å². The first-order valence-corrected chi connectivity index (χ1v) is 8.32. The number of amides is 1. The second-order valence-electron chi connectivity index (χ2n) is 5.09. The number of benzene rings is 1. The highest BCUT2D eigenvalue weighted by Crippen LogP contribution is 2.15. The number of esters is 2. The van der Waals surface area contributed by atoms with Crippen LogP contribution in [-0.4, -0.2) is 48.8 Å². The molecule has 1 aromatic rings. The zero-order valence-electron chi connectivity index (χ0n) is 14.9. The SMILES string of the molecule is CCOC(=O)CC(C(=O)OCC)N(Cc1ccccc1)C(=O)OCC. The maximum atomic E-state index is 12.4. The molecular weight excluding hydrogens is 326 g/mol. The quantitative estimate of drug-likeness (QED) is 0.502. The van der Waals surface area contributed by atoms with Gasteiger partial charge in [0.2, 0.25) is 0 Å². The van der Waals surface area contributed by atoms with Gasteiger partial charge in [-0.15, -0.1) is 0 Å². The first kappa shape index (κ1) is 20.5. The molecule has 0 saturated heterocycles. The lowest BCUT2D eigenvalue weighted by Crippen LogP contribution is -2.47. The third-order valence-corrected chi connectivity index (χ3v) is 3.30. The zero-order valence-corrected chi connectivity index (χ0v) is 14.9. The predicted molar refractivity (Wildman–Crippen MR) is 90.7 cm³/mol. The second kappa shape index (κ2) is 11.1. The molecule has 0 heterocycles. The fourth-order valence-corrected chi connectivity index (χ4v) is 2.23. The van der Waals surface area contributed by atoms with Crippen molar-refractivity contribution in [3.05, 3.63) is 35.9 Å². The topological polar surface area (TPSA) is 82.1 Å². The van der Waals surface area contributed by atoms with Crippen LogP contribution in [0.1, 0.15) is 32.8 Å². The van der Waals surface area contributed by atoms with Crippen LogP contribution in [0.4, 0.5) is 4.79 Å². The lowest BCUT2D eigenvalue weighted by molar-refractivity contribution is -0.155. The molecule has 7 heteroatoms. The molecule has 1 rings (SSSR count). The summed E-state index contributed by atoms with van der Waals surface area (Å²) in [5.41, 5.74) is 0.800. The fraction of sp³-hybridized carbons (Fsp3) is 0.500. The molecule has 0 saturated carbocycles. The Morgan fingerprint density at radius 3 is 2.08 bits per heavy atom. The number of nitrogens with zero attached hydrogens (tertiary/aromatic N) is 1. The van der Waals surface area contributed by atoms with Crippen LogP contribution in [0.15, 0.2) is 30.3 Å². The van der Waals surface area contributed by atoms with Crippen LogP contribution < -0.4 is 0 Å². The van der Waals surface area contributed by atoms with E-state index in [-0.39, 0.29) is 32.8 Å². The minimum absolute atomic E-state index is 0.114. The van der Waals surface area contributed by atoms with Gasteiger partial charge in [0.1, 0.15) is 6.04 Å². The van der Waals surface area contributed by atoms with Gasteiger partial charge >= 0.3 is 18.0 Å². The molecule has 1 amide bonds. The summed E-state index contributed by atoms with van der Waals surface area (Å²) in [5.74, 6) is -1.25. The normalized spacial score (nSPS) is 11.3. The van der Waals surface area contributed by atoms with Gasteiger partial charge in [0.25, 0.3) is 0 Å². The maximum absolute atomic E-state index is 12.4. The van der Waals surface area contributed by atoms with Crippen LogP contribution >= 0.6 is 0 Å². The van der Waals surface area contributed by atoms with Crippen LogP contribution in [0.2, 0.25) is 0 Å². The molecule has 1 aromatic carbocycles. The van der Waals surface area contributed by atoms with Crippen LogP contribution in [0.3, 0.4) is 0 Å². The van der Waals surface area contributed by atoms with Crippen molar-refractivity contribution in [2.24, 2.45) is 0 Å². The summed E-state index contributed by atoms with van der Waals surface area (Å²) in [6.07, 6.45) is -0.980. The van der Waals surface area contributed by atoms with Gasteiger partial charge < -0.3 is 14.2 Å². The summed E-state index contributed by atoms with van der Waals surface area (Å²) in [6, 6.07) is 8.02. The highest BCUT2D eigenvalue weighted by Gasteiger charge is 2.34. The van der Waals surface area contributed by atoms with Gasteiger partial charge in [0.05, 0.1) is 26.2 Å². The van der Waals surface area contributed by atoms with Crippen molar-refractivity contribution in [2.75, 3.05) is 19.8 Å². The Hall–Kier alpha value is -2.57. The Morgan fingerprint density at radius 1 is 0.920 bits per heavy atom. The highest BCUT2D eigenvalue weighted by atomic mass is 16.6.